The van der Waals surface area contributed by atoms with E-state index in [1.807, 2.05) is 6.07 Å². The molecule has 0 fully saturated rings. The van der Waals surface area contributed by atoms with Crippen LogP contribution in [0.5, 0.6) is 0 Å². The van der Waals surface area contributed by atoms with Crippen molar-refractivity contribution in [2.75, 3.05) is 24.6 Å². The SMILES string of the molecule is C[NH+]1CCc2c(c(NCc3ccccc3)[nH+]c3n[nH]c(N)c23)C1. The second-order valence-corrected chi connectivity index (χ2v) is 6.29. The molecule has 1 aliphatic rings. The molecule has 23 heavy (non-hydrogen) atoms. The highest BCUT2D eigenvalue weighted by Gasteiger charge is 2.28. The minimum atomic E-state index is 0.654. The number of nitrogen functional groups attached to an aromatic ring is 1. The molecule has 0 bridgehead atoms. The molecule has 6 heteroatoms. The lowest BCUT2D eigenvalue weighted by molar-refractivity contribution is -0.895. The van der Waals surface area contributed by atoms with E-state index in [1.54, 1.807) is 0 Å². The first kappa shape index (κ1) is 14.0. The molecule has 6 N–H and O–H groups in total. The zero-order chi connectivity index (χ0) is 15.8. The Balaban J connectivity index is 1.75. The maximum Gasteiger partial charge on any atom is 0.295 e. The monoisotopic (exact) mass is 310 g/mol. The van der Waals surface area contributed by atoms with E-state index in [4.69, 9.17) is 5.73 Å². The van der Waals surface area contributed by atoms with Gasteiger partial charge in [-0.05, 0) is 16.2 Å². The van der Waals surface area contributed by atoms with Gasteiger partial charge in [0.1, 0.15) is 12.4 Å². The quantitative estimate of drug-likeness (QED) is 0.555. The Hall–Kier alpha value is -2.60. The van der Waals surface area contributed by atoms with Crippen LogP contribution in [0.4, 0.5) is 11.6 Å². The Morgan fingerprint density at radius 3 is 2.96 bits per heavy atom. The van der Waals surface area contributed by atoms with E-state index in [-0.39, 0.29) is 0 Å². The summed E-state index contributed by atoms with van der Waals surface area (Å²) >= 11 is 0. The summed E-state index contributed by atoms with van der Waals surface area (Å²) < 4.78 is 0. The minimum Gasteiger partial charge on any atom is -0.382 e. The summed E-state index contributed by atoms with van der Waals surface area (Å²) in [6.07, 6.45) is 1.02. The Morgan fingerprint density at radius 1 is 1.30 bits per heavy atom. The number of nitrogens with zero attached hydrogens (tertiary/aromatic N) is 1. The van der Waals surface area contributed by atoms with Gasteiger partial charge in [0.2, 0.25) is 5.82 Å². The molecule has 1 atom stereocenters. The summed E-state index contributed by atoms with van der Waals surface area (Å²) in [5, 5.41) is 11.8. The third-order valence-electron chi connectivity index (χ3n) is 4.60. The predicted molar refractivity (Wildman–Crippen MR) is 90.0 cm³/mol. The highest BCUT2D eigenvalue weighted by Crippen LogP contribution is 2.28. The van der Waals surface area contributed by atoms with Gasteiger partial charge in [0.25, 0.3) is 5.65 Å². The van der Waals surface area contributed by atoms with E-state index < -0.39 is 0 Å². The van der Waals surface area contributed by atoms with Crippen molar-refractivity contribution in [3.8, 4) is 0 Å². The van der Waals surface area contributed by atoms with Crippen molar-refractivity contribution >= 4 is 22.7 Å². The van der Waals surface area contributed by atoms with Gasteiger partial charge in [-0.25, -0.2) is 4.98 Å². The fraction of sp³-hybridized carbons (Fsp3) is 0.294. The number of pyridine rings is 1. The van der Waals surface area contributed by atoms with Crippen molar-refractivity contribution in [1.82, 2.24) is 10.2 Å². The number of nitrogens with two attached hydrogens (primary N) is 1. The van der Waals surface area contributed by atoms with Crippen LogP contribution in [0.2, 0.25) is 0 Å². The zero-order valence-corrected chi connectivity index (χ0v) is 13.2. The van der Waals surface area contributed by atoms with Crippen LogP contribution in [-0.2, 0) is 19.5 Å². The van der Waals surface area contributed by atoms with Gasteiger partial charge in [-0.3, -0.25) is 0 Å². The average Bonchev–Trinajstić information content (AvgIpc) is 2.94. The third kappa shape index (κ3) is 2.51. The Morgan fingerprint density at radius 2 is 2.13 bits per heavy atom. The van der Waals surface area contributed by atoms with E-state index >= 15 is 0 Å². The molecule has 0 amide bonds. The number of aromatic amines is 2. The van der Waals surface area contributed by atoms with Gasteiger partial charge in [0.15, 0.2) is 0 Å². The summed E-state index contributed by atoms with van der Waals surface area (Å²) in [6.45, 7) is 2.90. The molecule has 0 spiro atoms. The van der Waals surface area contributed by atoms with Crippen LogP contribution in [0.3, 0.4) is 0 Å². The average molecular weight is 310 g/mol. The number of rotatable bonds is 3. The van der Waals surface area contributed by atoms with Crippen molar-refractivity contribution in [2.45, 2.75) is 19.5 Å². The molecule has 1 unspecified atom stereocenters. The van der Waals surface area contributed by atoms with Gasteiger partial charge in [-0.1, -0.05) is 30.3 Å². The summed E-state index contributed by atoms with van der Waals surface area (Å²) in [5.41, 5.74) is 10.8. The third-order valence-corrected chi connectivity index (χ3v) is 4.60. The molecule has 1 aliphatic heterocycles. The molecule has 3 heterocycles. The molecular weight excluding hydrogens is 288 g/mol. The first-order valence-corrected chi connectivity index (χ1v) is 8.02. The molecule has 0 aliphatic carbocycles. The normalized spacial score (nSPS) is 17.2. The maximum absolute atomic E-state index is 6.08. The van der Waals surface area contributed by atoms with Gasteiger partial charge in [-0.2, -0.15) is 5.10 Å². The molecule has 2 aromatic heterocycles. The second-order valence-electron chi connectivity index (χ2n) is 6.29. The van der Waals surface area contributed by atoms with E-state index in [0.29, 0.717) is 5.82 Å². The number of likely N-dealkylation sites (N-methyl/N-ethyl adjacent to an activating group) is 1. The molecule has 4 rings (SSSR count). The summed E-state index contributed by atoms with van der Waals surface area (Å²) in [5.74, 6) is 1.71. The standard InChI is InChI=1S/C17H20N6/c1-23-8-7-12-13(10-23)16(19-9-11-5-3-2-4-6-11)20-17-14(12)15(18)21-22-17/h2-6H,7-10H2,1H3,(H4,18,19,20,21,22)/p+2. The lowest BCUT2D eigenvalue weighted by atomic mass is 9.97. The van der Waals surface area contributed by atoms with E-state index in [0.717, 1.165) is 42.9 Å². The second kappa shape index (κ2) is 5.55. The number of aromatic nitrogens is 3. The van der Waals surface area contributed by atoms with Gasteiger partial charge < -0.3 is 16.0 Å². The van der Waals surface area contributed by atoms with Crippen LogP contribution in [0.25, 0.3) is 11.0 Å². The van der Waals surface area contributed by atoms with Crippen molar-refractivity contribution < 1.29 is 9.88 Å². The van der Waals surface area contributed by atoms with Gasteiger partial charge in [0, 0.05) is 6.42 Å². The lowest BCUT2D eigenvalue weighted by Crippen LogP contribution is -3.08. The van der Waals surface area contributed by atoms with Gasteiger partial charge in [-0.15, -0.1) is 0 Å². The van der Waals surface area contributed by atoms with Crippen LogP contribution in [0, 0.1) is 0 Å². The summed E-state index contributed by atoms with van der Waals surface area (Å²) in [6, 6.07) is 10.4. The highest BCUT2D eigenvalue weighted by atomic mass is 15.2. The Labute approximate surface area is 134 Å². The highest BCUT2D eigenvalue weighted by molar-refractivity contribution is 5.89. The number of hydrogen-bond donors (Lipinski definition) is 4. The lowest BCUT2D eigenvalue weighted by Gasteiger charge is -2.23. The zero-order valence-electron chi connectivity index (χ0n) is 13.2. The largest absolute Gasteiger partial charge is 0.382 e. The smallest absolute Gasteiger partial charge is 0.295 e. The minimum absolute atomic E-state index is 0.654. The summed E-state index contributed by atoms with van der Waals surface area (Å²) in [4.78, 5) is 4.93. The Bertz CT molecular complexity index is 839. The Kier molecular flexibility index (Phi) is 3.38. The van der Waals surface area contributed by atoms with Crippen molar-refractivity contribution in [2.24, 2.45) is 0 Å². The number of H-pyrrole nitrogens is 2. The maximum atomic E-state index is 6.08. The first-order chi connectivity index (χ1) is 11.2. The number of anilines is 2. The number of nitrogens with one attached hydrogen (secondary N) is 4. The van der Waals surface area contributed by atoms with E-state index in [9.17, 15) is 0 Å². The molecule has 118 valence electrons. The fourth-order valence-electron chi connectivity index (χ4n) is 3.38. The predicted octanol–water partition coefficient (Wildman–Crippen LogP) is 0.142. The molecule has 0 radical (unpaired) electrons. The molecule has 1 aromatic carbocycles. The number of benzene rings is 1. The molecule has 0 saturated heterocycles. The van der Waals surface area contributed by atoms with Crippen molar-refractivity contribution in [1.29, 1.82) is 0 Å². The first-order valence-electron chi connectivity index (χ1n) is 8.02. The van der Waals surface area contributed by atoms with Crippen LogP contribution in [0.1, 0.15) is 16.7 Å². The van der Waals surface area contributed by atoms with E-state index in [2.05, 4.69) is 51.8 Å². The van der Waals surface area contributed by atoms with Crippen molar-refractivity contribution in [3.05, 3.63) is 47.0 Å². The van der Waals surface area contributed by atoms with Crippen molar-refractivity contribution in [3.63, 3.8) is 0 Å². The fourth-order valence-corrected chi connectivity index (χ4v) is 3.38. The molecule has 0 saturated carbocycles. The van der Waals surface area contributed by atoms with Gasteiger partial charge in [0.05, 0.1) is 31.1 Å². The van der Waals surface area contributed by atoms with Crippen LogP contribution in [-0.4, -0.2) is 23.8 Å². The van der Waals surface area contributed by atoms with E-state index in [1.165, 1.54) is 21.6 Å². The molecule has 6 nitrogen and oxygen atoms in total. The number of fused-ring (bicyclic) bond motifs is 3. The molecule has 3 aromatic rings. The number of quaternary nitrogens is 1. The topological polar surface area (TPSA) is 85.3 Å². The molecular formula is C17H22N6+2. The van der Waals surface area contributed by atoms with Crippen LogP contribution >= 0.6 is 0 Å². The number of hydrogen-bond acceptors (Lipinski definition) is 3. The van der Waals surface area contributed by atoms with Crippen LogP contribution in [0.15, 0.2) is 30.3 Å². The van der Waals surface area contributed by atoms with Gasteiger partial charge >= 0.3 is 0 Å². The van der Waals surface area contributed by atoms with Crippen LogP contribution < -0.4 is 20.9 Å². The summed E-state index contributed by atoms with van der Waals surface area (Å²) in [7, 11) is 2.23.